The number of aryl methyl sites for hydroxylation is 1. The zero-order valence-corrected chi connectivity index (χ0v) is 20.8. The molecule has 0 bridgehead atoms. The van der Waals surface area contributed by atoms with Gasteiger partial charge in [0.25, 0.3) is 0 Å². The molecule has 2 N–H and O–H groups in total. The Bertz CT molecular complexity index is 1350. The number of carbonyl (C=O) groups is 1. The van der Waals surface area contributed by atoms with E-state index in [9.17, 15) is 9.90 Å². The van der Waals surface area contributed by atoms with Crippen LogP contribution in [0.4, 0.5) is 5.88 Å². The molecule has 0 spiro atoms. The van der Waals surface area contributed by atoms with Crippen LogP contribution in [0.15, 0.2) is 46.1 Å². The van der Waals surface area contributed by atoms with E-state index in [4.69, 9.17) is 23.5 Å². The number of nitrogens with one attached hydrogen (secondary N) is 1. The van der Waals surface area contributed by atoms with Crippen molar-refractivity contribution in [2.75, 3.05) is 33.8 Å². The Morgan fingerprint density at radius 2 is 1.61 bits per heavy atom. The lowest BCUT2D eigenvalue weighted by Gasteiger charge is -2.34. The van der Waals surface area contributed by atoms with E-state index < -0.39 is 5.92 Å². The average molecular weight is 493 g/mol. The summed E-state index contributed by atoms with van der Waals surface area (Å²) in [6, 6.07) is 8.92. The summed E-state index contributed by atoms with van der Waals surface area (Å²) in [5.74, 6) is 1.94. The summed E-state index contributed by atoms with van der Waals surface area (Å²) in [7, 11) is 6.18. The Hall–Kier alpha value is -4.14. The molecular formula is C27H28N2O7. The number of phenolic OH excluding ortho intramolecular Hbond substituents is 1. The van der Waals surface area contributed by atoms with Crippen LogP contribution in [-0.2, 0) is 4.79 Å². The predicted molar refractivity (Wildman–Crippen MR) is 131 cm³/mol. The third kappa shape index (κ3) is 3.71. The fourth-order valence-corrected chi connectivity index (χ4v) is 5.26. The first-order chi connectivity index (χ1) is 17.4. The van der Waals surface area contributed by atoms with Gasteiger partial charge in [-0.3, -0.25) is 4.79 Å². The number of hydrogen-bond acceptors (Lipinski definition) is 9. The van der Waals surface area contributed by atoms with Crippen molar-refractivity contribution in [1.29, 1.82) is 0 Å². The van der Waals surface area contributed by atoms with Crippen molar-refractivity contribution in [3.8, 4) is 28.7 Å². The van der Waals surface area contributed by atoms with Crippen molar-refractivity contribution in [1.82, 2.24) is 5.16 Å². The Balaban J connectivity index is 1.64. The smallest absolute Gasteiger partial charge is 0.233 e. The third-order valence-electron chi connectivity index (χ3n) is 6.95. The standard InChI is InChI=1S/C27H28N2O7/c1-13-23-24(16-11-21(33-3)26(35-5)22(12-16)34-4)25-17(28-27(23)36-29-13)8-15(9-19(25)31)14-6-7-18(30)20(10-14)32-2/h6-7,10-12,15,24,28,30H,8-9H2,1-5H3/t15-,24-/m0/s1. The van der Waals surface area contributed by atoms with Gasteiger partial charge in [-0.25, -0.2) is 0 Å². The molecule has 2 aromatic carbocycles. The summed E-state index contributed by atoms with van der Waals surface area (Å²) in [4.78, 5) is 13.8. The molecule has 1 aromatic heterocycles. The van der Waals surface area contributed by atoms with Gasteiger partial charge < -0.3 is 33.9 Å². The lowest BCUT2D eigenvalue weighted by Crippen LogP contribution is -2.29. The molecule has 5 rings (SSSR count). The van der Waals surface area contributed by atoms with Gasteiger partial charge >= 0.3 is 0 Å². The van der Waals surface area contributed by atoms with E-state index in [1.165, 1.54) is 7.11 Å². The van der Waals surface area contributed by atoms with Crippen LogP contribution in [0, 0.1) is 6.92 Å². The molecule has 9 nitrogen and oxygen atoms in total. The first kappa shape index (κ1) is 23.6. The van der Waals surface area contributed by atoms with Crippen molar-refractivity contribution in [3.05, 3.63) is 64.0 Å². The molecule has 36 heavy (non-hydrogen) atoms. The number of phenols is 1. The molecule has 0 saturated heterocycles. The monoisotopic (exact) mass is 492 g/mol. The van der Waals surface area contributed by atoms with E-state index in [2.05, 4.69) is 10.5 Å². The van der Waals surface area contributed by atoms with Gasteiger partial charge in [-0.15, -0.1) is 0 Å². The lowest BCUT2D eigenvalue weighted by atomic mass is 9.72. The quantitative estimate of drug-likeness (QED) is 0.506. The molecule has 1 aliphatic heterocycles. The summed E-state index contributed by atoms with van der Waals surface area (Å²) < 4.78 is 27.6. The number of aromatic hydroxyl groups is 1. The fraction of sp³-hybridized carbons (Fsp3) is 0.333. The SMILES string of the molecule is COc1cc([C@@H]2CC(=O)C3=C(C2)Nc2onc(C)c2[C@@H]3c2cc(OC)c(OC)c(OC)c2)ccc1O. The van der Waals surface area contributed by atoms with E-state index in [1.807, 2.05) is 25.1 Å². The number of rotatable bonds is 6. The number of allylic oxidation sites excluding steroid dienone is 2. The maximum absolute atomic E-state index is 13.8. The second-order valence-corrected chi connectivity index (χ2v) is 8.88. The number of Topliss-reactive ketones (excluding diaryl/α,β-unsaturated/α-hetero) is 1. The van der Waals surface area contributed by atoms with Gasteiger partial charge in [0.2, 0.25) is 11.6 Å². The van der Waals surface area contributed by atoms with Gasteiger partial charge in [-0.1, -0.05) is 11.2 Å². The molecule has 188 valence electrons. The van der Waals surface area contributed by atoms with Crippen molar-refractivity contribution in [3.63, 3.8) is 0 Å². The summed E-state index contributed by atoms with van der Waals surface area (Å²) in [5, 5.41) is 17.5. The minimum atomic E-state index is -0.418. The molecule has 0 fully saturated rings. The van der Waals surface area contributed by atoms with Crippen LogP contribution in [0.1, 0.15) is 47.1 Å². The second-order valence-electron chi connectivity index (χ2n) is 8.88. The zero-order chi connectivity index (χ0) is 25.6. The predicted octanol–water partition coefficient (Wildman–Crippen LogP) is 4.68. The summed E-state index contributed by atoms with van der Waals surface area (Å²) >= 11 is 0. The molecule has 0 saturated carbocycles. The van der Waals surface area contributed by atoms with Crippen LogP contribution in [0.3, 0.4) is 0 Å². The number of fused-ring (bicyclic) bond motifs is 1. The van der Waals surface area contributed by atoms with Crippen molar-refractivity contribution >= 4 is 11.7 Å². The number of methoxy groups -OCH3 is 4. The molecule has 2 atom stereocenters. The van der Waals surface area contributed by atoms with Crippen molar-refractivity contribution < 1.29 is 33.4 Å². The summed E-state index contributed by atoms with van der Waals surface area (Å²) in [6.07, 6.45) is 0.893. The van der Waals surface area contributed by atoms with E-state index in [0.29, 0.717) is 53.0 Å². The van der Waals surface area contributed by atoms with Crippen LogP contribution >= 0.6 is 0 Å². The number of ether oxygens (including phenoxy) is 4. The minimum Gasteiger partial charge on any atom is -0.504 e. The highest BCUT2D eigenvalue weighted by Gasteiger charge is 2.41. The van der Waals surface area contributed by atoms with Crippen molar-refractivity contribution in [2.24, 2.45) is 0 Å². The summed E-state index contributed by atoms with van der Waals surface area (Å²) in [6.45, 7) is 1.86. The summed E-state index contributed by atoms with van der Waals surface area (Å²) in [5.41, 5.74) is 4.68. The highest BCUT2D eigenvalue weighted by Crippen LogP contribution is 2.51. The third-order valence-corrected chi connectivity index (χ3v) is 6.95. The topological polar surface area (TPSA) is 112 Å². The Kier molecular flexibility index (Phi) is 5.99. The molecule has 0 radical (unpaired) electrons. The molecular weight excluding hydrogens is 464 g/mol. The van der Waals surface area contributed by atoms with Crippen LogP contribution in [0.25, 0.3) is 0 Å². The first-order valence-corrected chi connectivity index (χ1v) is 11.6. The minimum absolute atomic E-state index is 0.0193. The maximum Gasteiger partial charge on any atom is 0.233 e. The van der Waals surface area contributed by atoms with Gasteiger partial charge in [-0.05, 0) is 54.7 Å². The lowest BCUT2D eigenvalue weighted by molar-refractivity contribution is -0.116. The van der Waals surface area contributed by atoms with Gasteiger partial charge in [0.15, 0.2) is 28.8 Å². The fourth-order valence-electron chi connectivity index (χ4n) is 5.26. The molecule has 2 aliphatic rings. The van der Waals surface area contributed by atoms with Crippen molar-refractivity contribution in [2.45, 2.75) is 31.6 Å². The highest BCUT2D eigenvalue weighted by atomic mass is 16.5. The molecule has 9 heteroatoms. The maximum atomic E-state index is 13.8. The molecule has 3 aromatic rings. The normalized spacial score (nSPS) is 18.8. The van der Waals surface area contributed by atoms with Gasteiger partial charge in [0.1, 0.15) is 0 Å². The average Bonchev–Trinajstić information content (AvgIpc) is 3.26. The molecule has 2 heterocycles. The van der Waals surface area contributed by atoms with Gasteiger partial charge in [-0.2, -0.15) is 0 Å². The van der Waals surface area contributed by atoms with Gasteiger partial charge in [0, 0.05) is 23.6 Å². The van der Waals surface area contributed by atoms with E-state index >= 15 is 0 Å². The molecule has 0 unspecified atom stereocenters. The number of ketones is 1. The number of anilines is 1. The number of benzene rings is 2. The van der Waals surface area contributed by atoms with Crippen LogP contribution in [0.2, 0.25) is 0 Å². The van der Waals surface area contributed by atoms with Gasteiger partial charge in [0.05, 0.1) is 39.7 Å². The Labute approximate surface area is 208 Å². The van der Waals surface area contributed by atoms with Crippen LogP contribution in [-0.4, -0.2) is 44.5 Å². The van der Waals surface area contributed by atoms with Crippen LogP contribution < -0.4 is 24.3 Å². The number of nitrogens with zero attached hydrogens (tertiary/aromatic N) is 1. The number of aromatic nitrogens is 1. The molecule has 0 amide bonds. The first-order valence-electron chi connectivity index (χ1n) is 11.6. The van der Waals surface area contributed by atoms with E-state index in [-0.39, 0.29) is 17.5 Å². The van der Waals surface area contributed by atoms with E-state index in [1.54, 1.807) is 33.5 Å². The van der Waals surface area contributed by atoms with E-state index in [0.717, 1.165) is 22.4 Å². The second kappa shape index (κ2) is 9.14. The number of hydrogen-bond donors (Lipinski definition) is 2. The highest BCUT2D eigenvalue weighted by molar-refractivity contribution is 6.01. The Morgan fingerprint density at radius 3 is 2.25 bits per heavy atom. The van der Waals surface area contributed by atoms with Crippen LogP contribution in [0.5, 0.6) is 28.7 Å². The Morgan fingerprint density at radius 1 is 0.944 bits per heavy atom. The molecule has 1 aliphatic carbocycles. The zero-order valence-electron chi connectivity index (χ0n) is 20.8. The largest absolute Gasteiger partial charge is 0.504 e. The number of carbonyl (C=O) groups excluding carboxylic acids is 1.